The zero-order valence-corrected chi connectivity index (χ0v) is 12.1. The van der Waals surface area contributed by atoms with E-state index in [9.17, 15) is 0 Å². The van der Waals surface area contributed by atoms with Crippen LogP contribution in [0.1, 0.15) is 5.56 Å². The van der Waals surface area contributed by atoms with Gasteiger partial charge in [0, 0.05) is 31.9 Å². The Balaban J connectivity index is 0.00000162. The molecule has 0 bridgehead atoms. The number of rotatable bonds is 4. The Bertz CT molecular complexity index is 406. The number of nitrogens with zero attached hydrogens (tertiary/aromatic N) is 3. The molecule has 1 aliphatic rings. The first-order valence-electron chi connectivity index (χ1n) is 5.67. The zero-order chi connectivity index (χ0) is 11.9. The van der Waals surface area contributed by atoms with Crippen LogP contribution in [0.2, 0.25) is 0 Å². The molecule has 0 aliphatic carbocycles. The van der Waals surface area contributed by atoms with Crippen LogP contribution in [0, 0.1) is 11.3 Å². The maximum absolute atomic E-state index is 8.74. The summed E-state index contributed by atoms with van der Waals surface area (Å²) in [5.41, 5.74) is 0.571. The first-order valence-corrected chi connectivity index (χ1v) is 5.67. The van der Waals surface area contributed by atoms with Crippen molar-refractivity contribution in [2.75, 3.05) is 39.5 Å². The topological polar surface area (TPSA) is 58.4 Å². The Hall–Kier alpha value is -1.06. The van der Waals surface area contributed by atoms with Gasteiger partial charge in [0.1, 0.15) is 6.61 Å². The SMILES string of the molecule is Cl.Cl.N#Cc1ccnc(OCCN2CCOCC2)c1. The summed E-state index contributed by atoms with van der Waals surface area (Å²) in [6.07, 6.45) is 1.59. The predicted octanol–water partition coefficient (Wildman–Crippen LogP) is 1.51. The molecular formula is C12H17Cl2N3O2. The van der Waals surface area contributed by atoms with Gasteiger partial charge in [-0.3, -0.25) is 4.90 Å². The van der Waals surface area contributed by atoms with Crippen LogP contribution in [0.15, 0.2) is 18.3 Å². The van der Waals surface area contributed by atoms with Crippen molar-refractivity contribution in [2.45, 2.75) is 0 Å². The summed E-state index contributed by atoms with van der Waals surface area (Å²) in [5.74, 6) is 0.511. The van der Waals surface area contributed by atoms with E-state index in [1.165, 1.54) is 0 Å². The van der Waals surface area contributed by atoms with Crippen LogP contribution in [0.3, 0.4) is 0 Å². The van der Waals surface area contributed by atoms with E-state index in [2.05, 4.69) is 16.0 Å². The van der Waals surface area contributed by atoms with Crippen LogP contribution in [0.25, 0.3) is 0 Å². The molecule has 2 heterocycles. The zero-order valence-electron chi connectivity index (χ0n) is 10.4. The predicted molar refractivity (Wildman–Crippen MR) is 76.2 cm³/mol. The van der Waals surface area contributed by atoms with Crippen molar-refractivity contribution in [1.29, 1.82) is 5.26 Å². The lowest BCUT2D eigenvalue weighted by Gasteiger charge is -2.26. The molecule has 19 heavy (non-hydrogen) atoms. The molecule has 7 heteroatoms. The van der Waals surface area contributed by atoms with Crippen molar-refractivity contribution >= 4 is 24.8 Å². The molecule has 0 radical (unpaired) electrons. The second kappa shape index (κ2) is 9.82. The van der Waals surface area contributed by atoms with E-state index in [1.807, 2.05) is 0 Å². The van der Waals surface area contributed by atoms with Crippen molar-refractivity contribution in [1.82, 2.24) is 9.88 Å². The van der Waals surface area contributed by atoms with Crippen molar-refractivity contribution in [3.8, 4) is 11.9 Å². The van der Waals surface area contributed by atoms with Gasteiger partial charge in [0.15, 0.2) is 0 Å². The number of pyridine rings is 1. The number of hydrogen-bond donors (Lipinski definition) is 0. The minimum Gasteiger partial charge on any atom is -0.476 e. The number of aromatic nitrogens is 1. The smallest absolute Gasteiger partial charge is 0.214 e. The molecule has 0 saturated carbocycles. The Morgan fingerprint density at radius 2 is 2.11 bits per heavy atom. The lowest BCUT2D eigenvalue weighted by molar-refractivity contribution is 0.0320. The third-order valence-electron chi connectivity index (χ3n) is 2.63. The standard InChI is InChI=1S/C12H15N3O2.2ClH/c13-10-11-1-2-14-12(9-11)17-8-5-15-3-6-16-7-4-15;;/h1-2,9H,3-8H2;2*1H. The average molecular weight is 306 g/mol. The van der Waals surface area contributed by atoms with Crippen LogP contribution in [-0.2, 0) is 4.74 Å². The fourth-order valence-corrected chi connectivity index (χ4v) is 1.66. The van der Waals surface area contributed by atoms with E-state index in [1.54, 1.807) is 18.3 Å². The molecule has 1 aromatic heterocycles. The Morgan fingerprint density at radius 3 is 2.79 bits per heavy atom. The highest BCUT2D eigenvalue weighted by molar-refractivity contribution is 5.85. The molecule has 0 atom stereocenters. The van der Waals surface area contributed by atoms with Gasteiger partial charge in [0.2, 0.25) is 5.88 Å². The molecular weight excluding hydrogens is 289 g/mol. The van der Waals surface area contributed by atoms with E-state index in [0.29, 0.717) is 18.1 Å². The molecule has 106 valence electrons. The quantitative estimate of drug-likeness (QED) is 0.844. The van der Waals surface area contributed by atoms with Gasteiger partial charge in [-0.2, -0.15) is 5.26 Å². The molecule has 0 amide bonds. The molecule has 0 N–H and O–H groups in total. The first-order chi connectivity index (χ1) is 8.38. The third-order valence-corrected chi connectivity index (χ3v) is 2.63. The summed E-state index contributed by atoms with van der Waals surface area (Å²) < 4.78 is 10.8. The van der Waals surface area contributed by atoms with E-state index < -0.39 is 0 Å². The van der Waals surface area contributed by atoms with E-state index in [4.69, 9.17) is 14.7 Å². The summed E-state index contributed by atoms with van der Waals surface area (Å²) >= 11 is 0. The number of morpholine rings is 1. The number of halogens is 2. The van der Waals surface area contributed by atoms with Gasteiger partial charge in [-0.1, -0.05) is 0 Å². The third kappa shape index (κ3) is 6.08. The molecule has 1 saturated heterocycles. The maximum atomic E-state index is 8.74. The van der Waals surface area contributed by atoms with Gasteiger partial charge in [-0.25, -0.2) is 4.98 Å². The molecule has 0 aromatic carbocycles. The molecule has 1 aromatic rings. The second-order valence-electron chi connectivity index (χ2n) is 3.80. The number of ether oxygens (including phenoxy) is 2. The largest absolute Gasteiger partial charge is 0.476 e. The average Bonchev–Trinajstić information content (AvgIpc) is 2.40. The maximum Gasteiger partial charge on any atom is 0.214 e. The van der Waals surface area contributed by atoms with Crippen molar-refractivity contribution < 1.29 is 9.47 Å². The number of nitriles is 1. The van der Waals surface area contributed by atoms with E-state index in [0.717, 1.165) is 32.8 Å². The van der Waals surface area contributed by atoms with Gasteiger partial charge >= 0.3 is 0 Å². The van der Waals surface area contributed by atoms with Gasteiger partial charge in [-0.15, -0.1) is 24.8 Å². The minimum absolute atomic E-state index is 0. The van der Waals surface area contributed by atoms with Crippen LogP contribution in [0.5, 0.6) is 5.88 Å². The summed E-state index contributed by atoms with van der Waals surface area (Å²) in [6, 6.07) is 5.37. The summed E-state index contributed by atoms with van der Waals surface area (Å²) in [5, 5.41) is 8.74. The van der Waals surface area contributed by atoms with Gasteiger partial charge < -0.3 is 9.47 Å². The van der Waals surface area contributed by atoms with Crippen molar-refractivity contribution in [3.63, 3.8) is 0 Å². The summed E-state index contributed by atoms with van der Waals surface area (Å²) in [4.78, 5) is 6.34. The minimum atomic E-state index is 0. The van der Waals surface area contributed by atoms with Crippen molar-refractivity contribution in [2.24, 2.45) is 0 Å². The highest BCUT2D eigenvalue weighted by Crippen LogP contribution is 2.08. The van der Waals surface area contributed by atoms with E-state index >= 15 is 0 Å². The highest BCUT2D eigenvalue weighted by Gasteiger charge is 2.09. The first kappa shape index (κ1) is 17.9. The molecule has 5 nitrogen and oxygen atoms in total. The Morgan fingerprint density at radius 1 is 1.37 bits per heavy atom. The molecule has 2 rings (SSSR count). The lowest BCUT2D eigenvalue weighted by atomic mass is 10.3. The second-order valence-corrected chi connectivity index (χ2v) is 3.80. The lowest BCUT2D eigenvalue weighted by Crippen LogP contribution is -2.38. The normalized spacial score (nSPS) is 14.7. The van der Waals surface area contributed by atoms with E-state index in [-0.39, 0.29) is 24.8 Å². The van der Waals surface area contributed by atoms with Crippen LogP contribution >= 0.6 is 24.8 Å². The van der Waals surface area contributed by atoms with Crippen LogP contribution < -0.4 is 4.74 Å². The highest BCUT2D eigenvalue weighted by atomic mass is 35.5. The van der Waals surface area contributed by atoms with Crippen molar-refractivity contribution in [3.05, 3.63) is 23.9 Å². The number of hydrogen-bond acceptors (Lipinski definition) is 5. The Kier molecular flexibility index (Phi) is 9.27. The van der Waals surface area contributed by atoms with Gasteiger partial charge in [0.05, 0.1) is 24.8 Å². The summed E-state index contributed by atoms with van der Waals surface area (Å²) in [7, 11) is 0. The molecule has 0 spiro atoms. The van der Waals surface area contributed by atoms with Crippen LogP contribution in [-0.4, -0.2) is 49.3 Å². The van der Waals surface area contributed by atoms with Gasteiger partial charge in [-0.05, 0) is 6.07 Å². The monoisotopic (exact) mass is 305 g/mol. The molecule has 1 aliphatic heterocycles. The van der Waals surface area contributed by atoms with Crippen LogP contribution in [0.4, 0.5) is 0 Å². The molecule has 1 fully saturated rings. The fourth-order valence-electron chi connectivity index (χ4n) is 1.66. The Labute approximate surface area is 125 Å². The van der Waals surface area contributed by atoms with Gasteiger partial charge in [0.25, 0.3) is 0 Å². The molecule has 0 unspecified atom stereocenters. The summed E-state index contributed by atoms with van der Waals surface area (Å²) in [6.45, 7) is 4.94. The fraction of sp³-hybridized carbons (Fsp3) is 0.500.